The number of amides is 1. The van der Waals surface area contributed by atoms with Gasteiger partial charge in [-0.25, -0.2) is 12.8 Å². The fourth-order valence-corrected chi connectivity index (χ4v) is 3.47. The molecular weight excluding hydrogens is 367 g/mol. The van der Waals surface area contributed by atoms with E-state index < -0.39 is 27.8 Å². The standard InChI is InChI=1S/C17H16ClFN2O3S/c1-21(16(17(20)22)13-6-4-7-14(19)11-13)25(23,24)10-9-12-5-2-3-8-15(12)18/h2-11,16H,1H3,(H2,20,22). The highest BCUT2D eigenvalue weighted by molar-refractivity contribution is 7.92. The first kappa shape index (κ1) is 19.1. The van der Waals surface area contributed by atoms with Gasteiger partial charge in [-0.15, -0.1) is 0 Å². The maximum absolute atomic E-state index is 13.4. The third kappa shape index (κ3) is 4.66. The first-order valence-corrected chi connectivity index (χ1v) is 9.06. The van der Waals surface area contributed by atoms with Crippen molar-refractivity contribution in [3.05, 3.63) is 75.9 Å². The molecule has 0 saturated carbocycles. The van der Waals surface area contributed by atoms with Crippen LogP contribution in [0.4, 0.5) is 4.39 Å². The molecule has 132 valence electrons. The first-order valence-electron chi connectivity index (χ1n) is 7.18. The summed E-state index contributed by atoms with van der Waals surface area (Å²) in [4.78, 5) is 11.8. The second-order valence-electron chi connectivity index (χ2n) is 5.25. The Balaban J connectivity index is 2.36. The Hall–Kier alpha value is -2.22. The summed E-state index contributed by atoms with van der Waals surface area (Å²) >= 11 is 5.98. The third-order valence-corrected chi connectivity index (χ3v) is 5.36. The van der Waals surface area contributed by atoms with E-state index in [4.69, 9.17) is 17.3 Å². The number of halogens is 2. The molecule has 0 saturated heterocycles. The van der Waals surface area contributed by atoms with Crippen LogP contribution in [0.5, 0.6) is 0 Å². The number of likely N-dealkylation sites (N-methyl/N-ethyl adjacent to an activating group) is 1. The van der Waals surface area contributed by atoms with Crippen LogP contribution in [0.25, 0.3) is 6.08 Å². The number of carbonyl (C=O) groups is 1. The molecule has 1 atom stereocenters. The van der Waals surface area contributed by atoms with E-state index in [1.165, 1.54) is 31.3 Å². The first-order chi connectivity index (χ1) is 11.7. The molecule has 1 unspecified atom stereocenters. The number of sulfonamides is 1. The number of nitrogens with two attached hydrogens (primary N) is 1. The molecule has 2 rings (SSSR count). The predicted molar refractivity (Wildman–Crippen MR) is 95.5 cm³/mol. The van der Waals surface area contributed by atoms with E-state index >= 15 is 0 Å². The number of benzene rings is 2. The maximum Gasteiger partial charge on any atom is 0.240 e. The summed E-state index contributed by atoms with van der Waals surface area (Å²) in [6.07, 6.45) is 1.32. The van der Waals surface area contributed by atoms with E-state index in [-0.39, 0.29) is 5.56 Å². The maximum atomic E-state index is 13.4. The van der Waals surface area contributed by atoms with Crippen molar-refractivity contribution in [1.29, 1.82) is 0 Å². The van der Waals surface area contributed by atoms with Crippen LogP contribution in [-0.4, -0.2) is 25.7 Å². The number of carbonyl (C=O) groups excluding carboxylic acids is 1. The predicted octanol–water partition coefficient (Wildman–Crippen LogP) is 2.94. The van der Waals surface area contributed by atoms with E-state index in [1.54, 1.807) is 24.3 Å². The van der Waals surface area contributed by atoms with Gasteiger partial charge in [-0.1, -0.05) is 41.9 Å². The lowest BCUT2D eigenvalue weighted by Gasteiger charge is -2.24. The van der Waals surface area contributed by atoms with Crippen LogP contribution >= 0.6 is 11.6 Å². The van der Waals surface area contributed by atoms with Gasteiger partial charge in [0.25, 0.3) is 0 Å². The van der Waals surface area contributed by atoms with Crippen LogP contribution < -0.4 is 5.73 Å². The number of hydrogen-bond acceptors (Lipinski definition) is 3. The van der Waals surface area contributed by atoms with Gasteiger partial charge in [0, 0.05) is 17.5 Å². The molecule has 0 aliphatic heterocycles. The monoisotopic (exact) mass is 382 g/mol. The van der Waals surface area contributed by atoms with Crippen molar-refractivity contribution in [3.63, 3.8) is 0 Å². The molecule has 2 N–H and O–H groups in total. The van der Waals surface area contributed by atoms with Crippen LogP contribution in [0.15, 0.2) is 53.9 Å². The molecule has 2 aromatic carbocycles. The summed E-state index contributed by atoms with van der Waals surface area (Å²) < 4.78 is 39.2. The largest absolute Gasteiger partial charge is 0.368 e. The van der Waals surface area contributed by atoms with Gasteiger partial charge in [0.1, 0.15) is 11.9 Å². The normalized spacial score (nSPS) is 13.3. The van der Waals surface area contributed by atoms with E-state index in [0.29, 0.717) is 10.6 Å². The molecule has 0 aromatic heterocycles. The van der Waals surface area contributed by atoms with Crippen LogP contribution in [0, 0.1) is 5.82 Å². The van der Waals surface area contributed by atoms with Gasteiger partial charge in [-0.3, -0.25) is 4.79 Å². The Labute approximate surface area is 150 Å². The SMILES string of the molecule is CN(C(C(N)=O)c1cccc(F)c1)S(=O)(=O)C=Cc1ccccc1Cl. The number of hydrogen-bond donors (Lipinski definition) is 1. The van der Waals surface area contributed by atoms with Gasteiger partial charge in [0.15, 0.2) is 0 Å². The van der Waals surface area contributed by atoms with Gasteiger partial charge in [-0.05, 0) is 35.4 Å². The minimum atomic E-state index is -4.01. The molecule has 2 aromatic rings. The van der Waals surface area contributed by atoms with Crippen molar-refractivity contribution < 1.29 is 17.6 Å². The van der Waals surface area contributed by atoms with E-state index in [1.807, 2.05) is 0 Å². The highest BCUT2D eigenvalue weighted by Crippen LogP contribution is 2.24. The van der Waals surface area contributed by atoms with E-state index in [9.17, 15) is 17.6 Å². The Bertz CT molecular complexity index is 916. The summed E-state index contributed by atoms with van der Waals surface area (Å²) in [5.41, 5.74) is 5.98. The fourth-order valence-electron chi connectivity index (χ4n) is 2.24. The molecular formula is C17H16ClFN2O3S. The van der Waals surface area contributed by atoms with Crippen LogP contribution in [-0.2, 0) is 14.8 Å². The van der Waals surface area contributed by atoms with Crippen molar-refractivity contribution >= 4 is 33.6 Å². The van der Waals surface area contributed by atoms with Gasteiger partial charge in [0.05, 0.1) is 0 Å². The lowest BCUT2D eigenvalue weighted by molar-refractivity contribution is -0.121. The second kappa shape index (κ2) is 7.77. The van der Waals surface area contributed by atoms with Gasteiger partial charge < -0.3 is 5.73 Å². The third-order valence-electron chi connectivity index (χ3n) is 3.52. The molecule has 0 spiro atoms. The van der Waals surface area contributed by atoms with Crippen molar-refractivity contribution in [3.8, 4) is 0 Å². The fraction of sp³-hybridized carbons (Fsp3) is 0.118. The number of rotatable bonds is 6. The summed E-state index contributed by atoms with van der Waals surface area (Å²) in [5, 5.41) is 1.30. The molecule has 25 heavy (non-hydrogen) atoms. The minimum Gasteiger partial charge on any atom is -0.368 e. The highest BCUT2D eigenvalue weighted by Gasteiger charge is 2.30. The van der Waals surface area contributed by atoms with Crippen molar-refractivity contribution in [1.82, 2.24) is 4.31 Å². The van der Waals surface area contributed by atoms with E-state index in [0.717, 1.165) is 15.8 Å². The topological polar surface area (TPSA) is 80.5 Å². The Morgan fingerprint density at radius 1 is 1.24 bits per heavy atom. The molecule has 0 bridgehead atoms. The summed E-state index contributed by atoms with van der Waals surface area (Å²) in [7, 11) is -2.81. The molecule has 0 heterocycles. The van der Waals surface area contributed by atoms with Gasteiger partial charge >= 0.3 is 0 Å². The van der Waals surface area contributed by atoms with Crippen molar-refractivity contribution in [2.24, 2.45) is 5.73 Å². The van der Waals surface area contributed by atoms with E-state index in [2.05, 4.69) is 0 Å². The van der Waals surface area contributed by atoms with Crippen LogP contribution in [0.1, 0.15) is 17.2 Å². The minimum absolute atomic E-state index is 0.143. The zero-order valence-corrected chi connectivity index (χ0v) is 14.8. The number of nitrogens with zero attached hydrogens (tertiary/aromatic N) is 1. The molecule has 0 radical (unpaired) electrons. The molecule has 0 aliphatic carbocycles. The zero-order valence-electron chi connectivity index (χ0n) is 13.3. The molecule has 0 fully saturated rings. The average Bonchev–Trinajstić information content (AvgIpc) is 2.54. The summed E-state index contributed by atoms with van der Waals surface area (Å²) in [6.45, 7) is 0. The van der Waals surface area contributed by atoms with Crippen LogP contribution in [0.2, 0.25) is 5.02 Å². The lowest BCUT2D eigenvalue weighted by atomic mass is 10.1. The van der Waals surface area contributed by atoms with Gasteiger partial charge in [0.2, 0.25) is 15.9 Å². The Kier molecular flexibility index (Phi) is 5.94. The highest BCUT2D eigenvalue weighted by atomic mass is 35.5. The molecule has 5 nitrogen and oxygen atoms in total. The Morgan fingerprint density at radius 2 is 1.92 bits per heavy atom. The molecule has 0 aliphatic rings. The molecule has 1 amide bonds. The van der Waals surface area contributed by atoms with Crippen molar-refractivity contribution in [2.75, 3.05) is 7.05 Å². The second-order valence-corrected chi connectivity index (χ2v) is 7.53. The summed E-state index contributed by atoms with van der Waals surface area (Å²) in [5.74, 6) is -1.51. The smallest absolute Gasteiger partial charge is 0.240 e. The lowest BCUT2D eigenvalue weighted by Crippen LogP contribution is -2.38. The quantitative estimate of drug-likeness (QED) is 0.834. The average molecular weight is 383 g/mol. The van der Waals surface area contributed by atoms with Gasteiger partial charge in [-0.2, -0.15) is 4.31 Å². The molecule has 8 heteroatoms. The van der Waals surface area contributed by atoms with Crippen LogP contribution in [0.3, 0.4) is 0 Å². The van der Waals surface area contributed by atoms with Crippen molar-refractivity contribution in [2.45, 2.75) is 6.04 Å². The summed E-state index contributed by atoms with van der Waals surface area (Å²) in [6, 6.07) is 10.4. The Morgan fingerprint density at radius 3 is 2.52 bits per heavy atom. The zero-order chi connectivity index (χ0) is 18.6. The number of primary amides is 1.